The summed E-state index contributed by atoms with van der Waals surface area (Å²) >= 11 is 0. The van der Waals surface area contributed by atoms with Crippen LogP contribution < -0.4 is 5.32 Å². The molecule has 0 aromatic heterocycles. The van der Waals surface area contributed by atoms with Crippen molar-refractivity contribution in [1.29, 1.82) is 0 Å². The van der Waals surface area contributed by atoms with Crippen molar-refractivity contribution < 1.29 is 37.9 Å². The van der Waals surface area contributed by atoms with Crippen LogP contribution in [0.2, 0.25) is 0 Å². The minimum atomic E-state index is -4.43. The highest BCUT2D eigenvalue weighted by atomic mass is 31.2. The van der Waals surface area contributed by atoms with E-state index in [1.807, 2.05) is 0 Å². The van der Waals surface area contributed by atoms with Gasteiger partial charge in [-0.15, -0.1) is 0 Å². The maximum atomic E-state index is 12.1. The van der Waals surface area contributed by atoms with Crippen LogP contribution in [0.15, 0.2) is 60.8 Å². The fourth-order valence-corrected chi connectivity index (χ4v) is 7.41. The third kappa shape index (κ3) is 48.6. The number of aliphatic hydroxyl groups is 1. The molecular weight excluding hydrogens is 786 g/mol. The average molecular weight is 878 g/mol. The van der Waals surface area contributed by atoms with Crippen molar-refractivity contribution in [2.75, 3.05) is 26.4 Å². The van der Waals surface area contributed by atoms with Crippen molar-refractivity contribution in [3.05, 3.63) is 60.8 Å². The molecule has 61 heavy (non-hydrogen) atoms. The van der Waals surface area contributed by atoms with Gasteiger partial charge >= 0.3 is 13.8 Å². The fourth-order valence-electron chi connectivity index (χ4n) is 6.65. The highest BCUT2D eigenvalue weighted by molar-refractivity contribution is 7.47. The number of nitrogens with one attached hydrogen (secondary N) is 1. The number of phosphoric acid groups is 1. The van der Waals surface area contributed by atoms with E-state index in [0.717, 1.165) is 77.0 Å². The predicted octanol–water partition coefficient (Wildman–Crippen LogP) is 14.4. The van der Waals surface area contributed by atoms with E-state index in [4.69, 9.17) is 13.8 Å². The van der Waals surface area contributed by atoms with Crippen molar-refractivity contribution in [1.82, 2.24) is 5.32 Å². The topological polar surface area (TPSA) is 131 Å². The molecule has 2 unspecified atom stereocenters. The molecule has 10 heteroatoms. The number of hydrogen-bond acceptors (Lipinski definition) is 7. The molecule has 0 aliphatic carbocycles. The second kappa shape index (κ2) is 47.2. The number of amides is 1. The van der Waals surface area contributed by atoms with E-state index >= 15 is 0 Å². The van der Waals surface area contributed by atoms with Crippen LogP contribution in [0.3, 0.4) is 0 Å². The molecule has 2 atom stereocenters. The molecule has 0 fully saturated rings. The third-order valence-corrected chi connectivity index (χ3v) is 11.4. The quantitative estimate of drug-likeness (QED) is 0.0238. The van der Waals surface area contributed by atoms with Crippen molar-refractivity contribution in [3.63, 3.8) is 0 Å². The summed E-state index contributed by atoms with van der Waals surface area (Å²) in [5, 5.41) is 12.7. The SMILES string of the molecule is CCCCC/C=C\C/C=C\C/C=C\C/C=C\CCCCCCCC(=O)NCCOP(=O)(O)OCC(O)COC(=O)CCCCCCCCCCC/C=C/CCCCCCCC. The Kier molecular flexibility index (Phi) is 45.4. The number of rotatable bonds is 46. The van der Waals surface area contributed by atoms with Gasteiger partial charge in [0.2, 0.25) is 5.91 Å². The molecule has 0 aliphatic heterocycles. The monoisotopic (exact) mass is 878 g/mol. The van der Waals surface area contributed by atoms with Gasteiger partial charge in [0.1, 0.15) is 12.7 Å². The van der Waals surface area contributed by atoms with E-state index in [0.29, 0.717) is 6.42 Å². The summed E-state index contributed by atoms with van der Waals surface area (Å²) in [5.74, 6) is -0.536. The Hall–Kier alpha value is -2.29. The molecule has 0 heterocycles. The van der Waals surface area contributed by atoms with Gasteiger partial charge < -0.3 is 20.1 Å². The molecule has 9 nitrogen and oxygen atoms in total. The van der Waals surface area contributed by atoms with Crippen LogP contribution in [-0.2, 0) is 27.9 Å². The van der Waals surface area contributed by atoms with Crippen LogP contribution in [0.5, 0.6) is 0 Å². The maximum absolute atomic E-state index is 12.1. The van der Waals surface area contributed by atoms with Crippen LogP contribution >= 0.6 is 7.82 Å². The van der Waals surface area contributed by atoms with Crippen LogP contribution in [0.1, 0.15) is 219 Å². The molecule has 0 saturated carbocycles. The first-order valence-corrected chi connectivity index (χ1v) is 26.3. The predicted molar refractivity (Wildman–Crippen MR) is 256 cm³/mol. The van der Waals surface area contributed by atoms with Crippen molar-refractivity contribution >= 4 is 19.7 Å². The molecule has 0 saturated heterocycles. The van der Waals surface area contributed by atoms with Crippen molar-refractivity contribution in [2.45, 2.75) is 225 Å². The zero-order valence-corrected chi connectivity index (χ0v) is 40.0. The highest BCUT2D eigenvalue weighted by Gasteiger charge is 2.23. The summed E-state index contributed by atoms with van der Waals surface area (Å²) in [5.41, 5.74) is 0. The van der Waals surface area contributed by atoms with E-state index in [1.165, 1.54) is 116 Å². The molecule has 354 valence electrons. The molecular formula is C51H92NO8P. The first-order chi connectivity index (χ1) is 29.8. The number of ether oxygens (including phenoxy) is 1. The summed E-state index contributed by atoms with van der Waals surface area (Å²) in [7, 11) is -4.43. The molecule has 0 rings (SSSR count). The second-order valence-corrected chi connectivity index (χ2v) is 17.9. The number of unbranched alkanes of at least 4 members (excludes halogenated alkanes) is 23. The van der Waals surface area contributed by atoms with Gasteiger partial charge in [0.05, 0.1) is 13.2 Å². The van der Waals surface area contributed by atoms with Gasteiger partial charge in [0, 0.05) is 19.4 Å². The van der Waals surface area contributed by atoms with Crippen molar-refractivity contribution in [2.24, 2.45) is 0 Å². The van der Waals surface area contributed by atoms with E-state index in [1.54, 1.807) is 0 Å². The van der Waals surface area contributed by atoms with Gasteiger partial charge in [0.25, 0.3) is 0 Å². The summed E-state index contributed by atoms with van der Waals surface area (Å²) in [6.45, 7) is 3.51. The smallest absolute Gasteiger partial charge is 0.463 e. The lowest BCUT2D eigenvalue weighted by atomic mass is 10.1. The molecule has 3 N–H and O–H groups in total. The summed E-state index contributed by atoms with van der Waals surface area (Å²) in [4.78, 5) is 34.0. The van der Waals surface area contributed by atoms with Crippen LogP contribution in [0.4, 0.5) is 0 Å². The van der Waals surface area contributed by atoms with Crippen LogP contribution in [0.25, 0.3) is 0 Å². The van der Waals surface area contributed by atoms with Gasteiger partial charge in [0.15, 0.2) is 0 Å². The zero-order valence-electron chi connectivity index (χ0n) is 39.1. The number of phosphoric ester groups is 1. The van der Waals surface area contributed by atoms with Crippen molar-refractivity contribution in [3.8, 4) is 0 Å². The third-order valence-electron chi connectivity index (χ3n) is 10.4. The Morgan fingerprint density at radius 2 is 0.885 bits per heavy atom. The summed E-state index contributed by atoms with van der Waals surface area (Å²) in [6.07, 6.45) is 57.2. The Labute approximate surface area is 374 Å². The van der Waals surface area contributed by atoms with E-state index in [-0.39, 0.29) is 32.1 Å². The number of esters is 1. The zero-order chi connectivity index (χ0) is 44.6. The molecule has 1 amide bonds. The molecule has 0 radical (unpaired) electrons. The highest BCUT2D eigenvalue weighted by Crippen LogP contribution is 2.42. The lowest BCUT2D eigenvalue weighted by molar-refractivity contribution is -0.147. The number of carbonyl (C=O) groups is 2. The Morgan fingerprint density at radius 1 is 0.508 bits per heavy atom. The van der Waals surface area contributed by atoms with Gasteiger partial charge in [-0.25, -0.2) is 4.57 Å². The Morgan fingerprint density at radius 3 is 1.38 bits per heavy atom. The minimum Gasteiger partial charge on any atom is -0.463 e. The summed E-state index contributed by atoms with van der Waals surface area (Å²) < 4.78 is 27.0. The first kappa shape index (κ1) is 58.7. The Bertz CT molecular complexity index is 1180. The lowest BCUT2D eigenvalue weighted by Crippen LogP contribution is -2.27. The van der Waals surface area contributed by atoms with E-state index in [9.17, 15) is 24.2 Å². The fraction of sp³-hybridized carbons (Fsp3) is 0.765. The molecule has 0 aromatic carbocycles. The average Bonchev–Trinajstić information content (AvgIpc) is 3.25. The normalized spacial score (nSPS) is 13.7. The number of hydrogen-bond donors (Lipinski definition) is 3. The largest absolute Gasteiger partial charge is 0.472 e. The van der Waals surface area contributed by atoms with Crippen LogP contribution in [0, 0.1) is 0 Å². The first-order valence-electron chi connectivity index (χ1n) is 24.8. The molecule has 0 aromatic rings. The van der Waals surface area contributed by atoms with E-state index < -0.39 is 26.5 Å². The van der Waals surface area contributed by atoms with Gasteiger partial charge in [-0.05, 0) is 83.5 Å². The number of carbonyl (C=O) groups excluding carboxylic acids is 2. The standard InChI is InChI=1S/C51H92NO8P/c1-3-5-7-9-11-13-15-17-19-21-23-24-26-27-29-31-33-35-37-39-41-43-50(54)52-45-46-59-61(56,57)60-48-49(53)47-58-51(55)44-42-40-38-36-34-32-30-28-25-22-20-18-16-14-12-10-8-6-4-2/h11,13,17-20,23-24,27,29,49,53H,3-10,12,14-16,21-22,25-26,28,30-48H2,1-2H3,(H,52,54)(H,56,57)/b13-11-,19-17-,20-18+,24-23-,29-27-. The second-order valence-electron chi connectivity index (χ2n) is 16.4. The molecule has 0 bridgehead atoms. The summed E-state index contributed by atoms with van der Waals surface area (Å²) in [6, 6.07) is 0. The van der Waals surface area contributed by atoms with Gasteiger partial charge in [-0.1, -0.05) is 184 Å². The molecule has 0 spiro atoms. The van der Waals surface area contributed by atoms with Gasteiger partial charge in [-0.3, -0.25) is 18.6 Å². The minimum absolute atomic E-state index is 0.0689. The van der Waals surface area contributed by atoms with E-state index in [2.05, 4.69) is 79.9 Å². The lowest BCUT2D eigenvalue weighted by Gasteiger charge is -2.15. The maximum Gasteiger partial charge on any atom is 0.472 e. The number of aliphatic hydroxyl groups excluding tert-OH is 1. The molecule has 0 aliphatic rings. The Balaban J connectivity index is 3.61. The van der Waals surface area contributed by atoms with Gasteiger partial charge in [-0.2, -0.15) is 0 Å². The number of allylic oxidation sites excluding steroid dienone is 10. The van der Waals surface area contributed by atoms with Crippen LogP contribution in [-0.4, -0.2) is 54.3 Å².